The van der Waals surface area contributed by atoms with Crippen LogP contribution in [0, 0.1) is 5.82 Å². The number of hydrogen-bond acceptors (Lipinski definition) is 2. The number of carbonyl (C=O) groups excluding carboxylic acids is 2. The number of anilines is 1. The van der Waals surface area contributed by atoms with Crippen molar-refractivity contribution in [3.63, 3.8) is 0 Å². The SMILES string of the molecule is O=C1C(=O)N(Cc2cccc(F)c2Br)c2cccc(Br)c21. The van der Waals surface area contributed by atoms with E-state index in [1.54, 1.807) is 30.3 Å². The smallest absolute Gasteiger partial charge is 0.299 e. The summed E-state index contributed by atoms with van der Waals surface area (Å²) in [6.45, 7) is 0.131. The molecule has 0 bridgehead atoms. The van der Waals surface area contributed by atoms with Crippen molar-refractivity contribution >= 4 is 49.2 Å². The molecule has 21 heavy (non-hydrogen) atoms. The van der Waals surface area contributed by atoms with E-state index in [1.165, 1.54) is 11.0 Å². The molecule has 0 spiro atoms. The maximum atomic E-state index is 13.6. The molecular formula is C15H8Br2FNO2. The summed E-state index contributed by atoms with van der Waals surface area (Å²) in [7, 11) is 0. The Labute approximate surface area is 137 Å². The molecule has 0 aromatic heterocycles. The van der Waals surface area contributed by atoms with E-state index in [2.05, 4.69) is 31.9 Å². The Morgan fingerprint density at radius 3 is 2.52 bits per heavy atom. The van der Waals surface area contributed by atoms with Crippen molar-refractivity contribution in [1.82, 2.24) is 0 Å². The van der Waals surface area contributed by atoms with Crippen LogP contribution in [0.25, 0.3) is 0 Å². The van der Waals surface area contributed by atoms with E-state index in [1.807, 2.05) is 0 Å². The van der Waals surface area contributed by atoms with Crippen molar-refractivity contribution in [3.05, 3.63) is 62.3 Å². The highest BCUT2D eigenvalue weighted by atomic mass is 79.9. The van der Waals surface area contributed by atoms with Gasteiger partial charge in [0.1, 0.15) is 5.82 Å². The quantitative estimate of drug-likeness (QED) is 0.697. The monoisotopic (exact) mass is 411 g/mol. The van der Waals surface area contributed by atoms with Crippen LogP contribution in [0.15, 0.2) is 45.3 Å². The van der Waals surface area contributed by atoms with Gasteiger partial charge in [0, 0.05) is 4.47 Å². The van der Waals surface area contributed by atoms with E-state index < -0.39 is 17.5 Å². The van der Waals surface area contributed by atoms with Gasteiger partial charge in [-0.1, -0.05) is 18.2 Å². The fourth-order valence-electron chi connectivity index (χ4n) is 2.30. The molecular weight excluding hydrogens is 405 g/mol. The first-order valence-corrected chi connectivity index (χ1v) is 7.67. The lowest BCUT2D eigenvalue weighted by atomic mass is 10.1. The lowest BCUT2D eigenvalue weighted by Gasteiger charge is -2.17. The second-order valence-corrected chi connectivity index (χ2v) is 6.21. The topological polar surface area (TPSA) is 37.4 Å². The standard InChI is InChI=1S/C15H8Br2FNO2/c16-9-4-2-6-11-12(9)14(20)15(21)19(11)7-8-3-1-5-10(18)13(8)17/h1-6H,7H2. The largest absolute Gasteiger partial charge is 0.300 e. The molecule has 2 aromatic rings. The van der Waals surface area contributed by atoms with Crippen molar-refractivity contribution in [3.8, 4) is 0 Å². The predicted molar refractivity (Wildman–Crippen MR) is 83.8 cm³/mol. The third kappa shape index (κ3) is 2.32. The van der Waals surface area contributed by atoms with Gasteiger partial charge in [-0.25, -0.2) is 4.39 Å². The second-order valence-electron chi connectivity index (χ2n) is 4.57. The molecule has 1 amide bonds. The van der Waals surface area contributed by atoms with Gasteiger partial charge in [0.05, 0.1) is 22.3 Å². The predicted octanol–water partition coefficient (Wildman–Crippen LogP) is 4.08. The Hall–Kier alpha value is -1.53. The first-order chi connectivity index (χ1) is 10.0. The average molecular weight is 413 g/mol. The van der Waals surface area contributed by atoms with Crippen LogP contribution in [-0.4, -0.2) is 11.7 Å². The normalized spacial score (nSPS) is 13.8. The highest BCUT2D eigenvalue weighted by molar-refractivity contribution is 9.10. The molecule has 0 atom stereocenters. The number of rotatable bonds is 2. The Morgan fingerprint density at radius 2 is 1.76 bits per heavy atom. The van der Waals surface area contributed by atoms with E-state index >= 15 is 0 Å². The molecule has 0 N–H and O–H groups in total. The summed E-state index contributed by atoms with van der Waals surface area (Å²) in [5, 5.41) is 0. The lowest BCUT2D eigenvalue weighted by Crippen LogP contribution is -2.29. The Bertz CT molecular complexity index is 776. The van der Waals surface area contributed by atoms with E-state index in [4.69, 9.17) is 0 Å². The molecule has 1 aliphatic rings. The number of benzene rings is 2. The highest BCUT2D eigenvalue weighted by Gasteiger charge is 2.37. The van der Waals surface area contributed by atoms with Crippen LogP contribution in [0.3, 0.4) is 0 Å². The summed E-state index contributed by atoms with van der Waals surface area (Å²) >= 11 is 6.46. The van der Waals surface area contributed by atoms with Crippen LogP contribution < -0.4 is 4.90 Å². The van der Waals surface area contributed by atoms with Gasteiger partial charge in [0.25, 0.3) is 11.7 Å². The van der Waals surface area contributed by atoms with Gasteiger partial charge in [-0.2, -0.15) is 0 Å². The number of carbonyl (C=O) groups is 2. The minimum Gasteiger partial charge on any atom is -0.300 e. The van der Waals surface area contributed by atoms with Crippen LogP contribution >= 0.6 is 31.9 Å². The molecule has 0 radical (unpaired) electrons. The van der Waals surface area contributed by atoms with Crippen LogP contribution in [0.2, 0.25) is 0 Å². The number of fused-ring (bicyclic) bond motifs is 1. The van der Waals surface area contributed by atoms with Gasteiger partial charge < -0.3 is 4.90 Å². The van der Waals surface area contributed by atoms with Crippen molar-refractivity contribution < 1.29 is 14.0 Å². The molecule has 3 nitrogen and oxygen atoms in total. The number of amides is 1. The molecule has 3 rings (SSSR count). The zero-order chi connectivity index (χ0) is 15.1. The van der Waals surface area contributed by atoms with Crippen molar-refractivity contribution in [2.75, 3.05) is 4.90 Å². The maximum Gasteiger partial charge on any atom is 0.299 e. The van der Waals surface area contributed by atoms with Gasteiger partial charge in [-0.15, -0.1) is 0 Å². The Morgan fingerprint density at radius 1 is 1.05 bits per heavy atom. The summed E-state index contributed by atoms with van der Waals surface area (Å²) in [4.78, 5) is 25.6. The van der Waals surface area contributed by atoms with Crippen molar-refractivity contribution in [1.29, 1.82) is 0 Å². The summed E-state index contributed by atoms with van der Waals surface area (Å²) in [6, 6.07) is 9.78. The number of halogens is 3. The Kier molecular flexibility index (Phi) is 3.67. The van der Waals surface area contributed by atoms with Gasteiger partial charge in [0.2, 0.25) is 0 Å². The molecule has 2 aromatic carbocycles. The van der Waals surface area contributed by atoms with Gasteiger partial charge in [-0.05, 0) is 55.6 Å². The fraction of sp³-hybridized carbons (Fsp3) is 0.0667. The van der Waals surface area contributed by atoms with Gasteiger partial charge >= 0.3 is 0 Å². The first-order valence-electron chi connectivity index (χ1n) is 6.08. The van der Waals surface area contributed by atoms with Crippen LogP contribution in [0.5, 0.6) is 0 Å². The summed E-state index contributed by atoms with van der Waals surface area (Å²) in [6.07, 6.45) is 0. The number of hydrogen-bond donors (Lipinski definition) is 0. The third-order valence-electron chi connectivity index (χ3n) is 3.31. The molecule has 0 saturated heterocycles. The van der Waals surface area contributed by atoms with E-state index in [-0.39, 0.29) is 6.54 Å². The number of ketones is 1. The van der Waals surface area contributed by atoms with Crippen molar-refractivity contribution in [2.24, 2.45) is 0 Å². The van der Waals surface area contributed by atoms with Crippen LogP contribution in [0.1, 0.15) is 15.9 Å². The molecule has 0 aliphatic carbocycles. The first kappa shape index (κ1) is 14.4. The summed E-state index contributed by atoms with van der Waals surface area (Å²) < 4.78 is 14.4. The molecule has 0 saturated carbocycles. The number of nitrogens with zero attached hydrogens (tertiary/aromatic N) is 1. The van der Waals surface area contributed by atoms with Gasteiger partial charge in [-0.3, -0.25) is 9.59 Å². The van der Waals surface area contributed by atoms with E-state index in [9.17, 15) is 14.0 Å². The Balaban J connectivity index is 2.05. The molecule has 1 aliphatic heterocycles. The second kappa shape index (κ2) is 5.35. The molecule has 106 valence electrons. The zero-order valence-electron chi connectivity index (χ0n) is 10.6. The van der Waals surface area contributed by atoms with Crippen LogP contribution in [0.4, 0.5) is 10.1 Å². The fourth-order valence-corrected chi connectivity index (χ4v) is 3.22. The molecule has 6 heteroatoms. The summed E-state index contributed by atoms with van der Waals surface area (Å²) in [5.41, 5.74) is 1.49. The molecule has 1 heterocycles. The minimum absolute atomic E-state index is 0.131. The zero-order valence-corrected chi connectivity index (χ0v) is 13.7. The lowest BCUT2D eigenvalue weighted by molar-refractivity contribution is -0.114. The highest BCUT2D eigenvalue weighted by Crippen LogP contribution is 2.36. The van der Waals surface area contributed by atoms with Crippen LogP contribution in [-0.2, 0) is 11.3 Å². The summed E-state index contributed by atoms with van der Waals surface area (Å²) in [5.74, 6) is -1.56. The molecule has 0 fully saturated rings. The van der Waals surface area contributed by atoms with Gasteiger partial charge in [0.15, 0.2) is 0 Å². The average Bonchev–Trinajstić information content (AvgIpc) is 2.70. The molecule has 0 unspecified atom stereocenters. The van der Waals surface area contributed by atoms with Crippen molar-refractivity contribution in [2.45, 2.75) is 6.54 Å². The number of Topliss-reactive ketones (excluding diaryl/α,β-unsaturated/α-hetero) is 1. The minimum atomic E-state index is -0.604. The van der Waals surface area contributed by atoms with E-state index in [0.717, 1.165) is 0 Å². The maximum absolute atomic E-state index is 13.6. The third-order valence-corrected chi connectivity index (χ3v) is 4.86. The van der Waals surface area contributed by atoms with E-state index in [0.29, 0.717) is 25.8 Å².